The van der Waals surface area contributed by atoms with Crippen LogP contribution in [0.5, 0.6) is 0 Å². The first-order valence-corrected chi connectivity index (χ1v) is 9.42. The van der Waals surface area contributed by atoms with E-state index >= 15 is 0 Å². The molecule has 142 valence electrons. The third-order valence-electron chi connectivity index (χ3n) is 4.86. The fourth-order valence-corrected chi connectivity index (χ4v) is 3.37. The first-order valence-electron chi connectivity index (χ1n) is 9.42. The van der Waals surface area contributed by atoms with Crippen LogP contribution < -0.4 is 16.6 Å². The molecule has 0 atom stereocenters. The quantitative estimate of drug-likeness (QED) is 0.389. The van der Waals surface area contributed by atoms with Crippen molar-refractivity contribution in [3.8, 4) is 11.1 Å². The van der Waals surface area contributed by atoms with Gasteiger partial charge in [0.2, 0.25) is 0 Å². The van der Waals surface area contributed by atoms with Gasteiger partial charge in [0.05, 0.1) is 5.56 Å². The molecule has 0 fully saturated rings. The summed E-state index contributed by atoms with van der Waals surface area (Å²) in [6, 6.07) is 14.4. The standard InChI is InChI=1S/C23H21NO4/c1-3-4-10-24-16-9-8-15-12-19(23(26)27-20(15)13-16)18-7-5-6-17-14(2)11-21(25)28-22(17)18/h5-9,11-13,24H,3-4,10H2,1-2H3. The van der Waals surface area contributed by atoms with E-state index in [2.05, 4.69) is 12.2 Å². The van der Waals surface area contributed by atoms with Crippen molar-refractivity contribution in [2.75, 3.05) is 11.9 Å². The van der Waals surface area contributed by atoms with Gasteiger partial charge in [-0.05, 0) is 37.1 Å². The van der Waals surface area contributed by atoms with Crippen LogP contribution in [0.3, 0.4) is 0 Å². The predicted octanol–water partition coefficient (Wildman–Crippen LogP) is 5.09. The molecule has 0 saturated carbocycles. The van der Waals surface area contributed by atoms with E-state index in [1.165, 1.54) is 6.07 Å². The lowest BCUT2D eigenvalue weighted by atomic mass is 10.0. The fourth-order valence-electron chi connectivity index (χ4n) is 3.37. The summed E-state index contributed by atoms with van der Waals surface area (Å²) in [6.45, 7) is 4.86. The molecule has 1 N–H and O–H groups in total. The number of benzene rings is 2. The maximum atomic E-state index is 12.7. The van der Waals surface area contributed by atoms with Crippen molar-refractivity contribution in [2.45, 2.75) is 26.7 Å². The van der Waals surface area contributed by atoms with E-state index in [1.807, 2.05) is 37.3 Å². The highest BCUT2D eigenvalue weighted by molar-refractivity contribution is 5.95. The van der Waals surface area contributed by atoms with Crippen LogP contribution in [0.2, 0.25) is 0 Å². The summed E-state index contributed by atoms with van der Waals surface area (Å²) in [5, 5.41) is 4.93. The molecular formula is C23H21NO4. The molecule has 0 saturated heterocycles. The van der Waals surface area contributed by atoms with E-state index in [0.717, 1.165) is 41.4 Å². The van der Waals surface area contributed by atoms with E-state index in [4.69, 9.17) is 8.83 Å². The van der Waals surface area contributed by atoms with Gasteiger partial charge in [0.25, 0.3) is 0 Å². The number of hydrogen-bond donors (Lipinski definition) is 1. The molecule has 0 unspecified atom stereocenters. The third-order valence-corrected chi connectivity index (χ3v) is 4.86. The molecule has 5 heteroatoms. The van der Waals surface area contributed by atoms with Crippen LogP contribution in [0.25, 0.3) is 33.1 Å². The highest BCUT2D eigenvalue weighted by Gasteiger charge is 2.14. The number of rotatable bonds is 5. The number of anilines is 1. The molecule has 2 heterocycles. The Hall–Kier alpha value is -3.34. The molecule has 5 nitrogen and oxygen atoms in total. The molecular weight excluding hydrogens is 354 g/mol. The van der Waals surface area contributed by atoms with Gasteiger partial charge in [0.15, 0.2) is 0 Å². The average Bonchev–Trinajstić information content (AvgIpc) is 2.67. The second-order valence-electron chi connectivity index (χ2n) is 6.91. The van der Waals surface area contributed by atoms with E-state index in [0.29, 0.717) is 22.3 Å². The van der Waals surface area contributed by atoms with Gasteiger partial charge >= 0.3 is 11.3 Å². The SMILES string of the molecule is CCCCNc1ccc2cc(-c3cccc4c(C)cc(=O)oc34)c(=O)oc2c1. The van der Waals surface area contributed by atoms with Crippen LogP contribution in [-0.4, -0.2) is 6.54 Å². The zero-order valence-electron chi connectivity index (χ0n) is 15.9. The smallest absolute Gasteiger partial charge is 0.344 e. The number of para-hydroxylation sites is 1. The van der Waals surface area contributed by atoms with Crippen molar-refractivity contribution in [1.29, 1.82) is 0 Å². The molecule has 0 radical (unpaired) electrons. The number of aryl methyl sites for hydroxylation is 1. The van der Waals surface area contributed by atoms with Crippen LogP contribution >= 0.6 is 0 Å². The Balaban J connectivity index is 1.85. The van der Waals surface area contributed by atoms with Crippen LogP contribution in [0.1, 0.15) is 25.3 Å². The van der Waals surface area contributed by atoms with Crippen LogP contribution in [0, 0.1) is 6.92 Å². The molecule has 0 amide bonds. The lowest BCUT2D eigenvalue weighted by Gasteiger charge is -2.09. The van der Waals surface area contributed by atoms with E-state index in [1.54, 1.807) is 12.1 Å². The Labute approximate surface area is 161 Å². The summed E-state index contributed by atoms with van der Waals surface area (Å²) < 4.78 is 11.0. The first-order chi connectivity index (χ1) is 13.6. The summed E-state index contributed by atoms with van der Waals surface area (Å²) >= 11 is 0. The maximum Gasteiger partial charge on any atom is 0.344 e. The molecule has 0 aliphatic rings. The minimum absolute atomic E-state index is 0.374. The Morgan fingerprint density at radius 3 is 2.64 bits per heavy atom. The molecule has 4 aromatic rings. The first kappa shape index (κ1) is 18.0. The van der Waals surface area contributed by atoms with Gasteiger partial charge in [0, 0.05) is 40.7 Å². The van der Waals surface area contributed by atoms with Crippen LogP contribution in [-0.2, 0) is 0 Å². The Kier molecular flexibility index (Phi) is 4.74. The van der Waals surface area contributed by atoms with Gasteiger partial charge in [-0.1, -0.05) is 31.5 Å². The molecule has 2 aromatic heterocycles. The summed E-state index contributed by atoms with van der Waals surface area (Å²) in [7, 11) is 0. The molecule has 0 bridgehead atoms. The highest BCUT2D eigenvalue weighted by Crippen LogP contribution is 2.29. The van der Waals surface area contributed by atoms with Crippen molar-refractivity contribution >= 4 is 27.6 Å². The third kappa shape index (κ3) is 3.31. The van der Waals surface area contributed by atoms with Crippen molar-refractivity contribution in [3.05, 3.63) is 74.9 Å². The summed E-state index contributed by atoms with van der Waals surface area (Å²) in [5.74, 6) is 0. The van der Waals surface area contributed by atoms with Crippen molar-refractivity contribution < 1.29 is 8.83 Å². The van der Waals surface area contributed by atoms with Gasteiger partial charge in [-0.3, -0.25) is 0 Å². The number of fused-ring (bicyclic) bond motifs is 2. The normalized spacial score (nSPS) is 11.2. The molecule has 28 heavy (non-hydrogen) atoms. The van der Waals surface area contributed by atoms with Gasteiger partial charge in [-0.15, -0.1) is 0 Å². The second-order valence-corrected chi connectivity index (χ2v) is 6.91. The van der Waals surface area contributed by atoms with E-state index < -0.39 is 11.3 Å². The summed E-state index contributed by atoms with van der Waals surface area (Å²) in [4.78, 5) is 24.6. The van der Waals surface area contributed by atoms with E-state index in [9.17, 15) is 9.59 Å². The fraction of sp³-hybridized carbons (Fsp3) is 0.217. The minimum Gasteiger partial charge on any atom is -0.422 e. The van der Waals surface area contributed by atoms with Crippen molar-refractivity contribution in [3.63, 3.8) is 0 Å². The Morgan fingerprint density at radius 2 is 1.82 bits per heavy atom. The van der Waals surface area contributed by atoms with Gasteiger partial charge in [-0.25, -0.2) is 9.59 Å². The molecule has 0 spiro atoms. The summed E-state index contributed by atoms with van der Waals surface area (Å²) in [6.07, 6.45) is 2.19. The largest absolute Gasteiger partial charge is 0.422 e. The predicted molar refractivity (Wildman–Crippen MR) is 112 cm³/mol. The summed E-state index contributed by atoms with van der Waals surface area (Å²) in [5.41, 5.74) is 2.67. The Morgan fingerprint density at radius 1 is 0.964 bits per heavy atom. The topological polar surface area (TPSA) is 72.5 Å². The monoisotopic (exact) mass is 375 g/mol. The van der Waals surface area contributed by atoms with Gasteiger partial charge < -0.3 is 14.2 Å². The maximum absolute atomic E-state index is 12.7. The minimum atomic E-state index is -0.463. The van der Waals surface area contributed by atoms with E-state index in [-0.39, 0.29) is 0 Å². The zero-order valence-corrected chi connectivity index (χ0v) is 15.9. The lowest BCUT2D eigenvalue weighted by Crippen LogP contribution is -2.05. The number of hydrogen-bond acceptors (Lipinski definition) is 5. The number of unbranched alkanes of at least 4 members (excludes halogenated alkanes) is 1. The van der Waals surface area contributed by atoms with Crippen LogP contribution in [0.15, 0.2) is 67.0 Å². The highest BCUT2D eigenvalue weighted by atomic mass is 16.4. The molecule has 4 rings (SSSR count). The van der Waals surface area contributed by atoms with Crippen molar-refractivity contribution in [2.24, 2.45) is 0 Å². The second kappa shape index (κ2) is 7.35. The molecule has 2 aromatic carbocycles. The molecule has 0 aliphatic heterocycles. The van der Waals surface area contributed by atoms with Crippen molar-refractivity contribution in [1.82, 2.24) is 0 Å². The van der Waals surface area contributed by atoms with Gasteiger partial charge in [-0.2, -0.15) is 0 Å². The molecule has 0 aliphatic carbocycles. The van der Waals surface area contributed by atoms with Crippen LogP contribution in [0.4, 0.5) is 5.69 Å². The Bertz CT molecular complexity index is 1280. The van der Waals surface area contributed by atoms with Gasteiger partial charge in [0.1, 0.15) is 11.2 Å². The average molecular weight is 375 g/mol. The zero-order chi connectivity index (χ0) is 19.7. The number of nitrogens with one attached hydrogen (secondary N) is 1. The lowest BCUT2D eigenvalue weighted by molar-refractivity contribution is 0.555.